The Kier molecular flexibility index (Phi) is 5.94. The zero-order valence-electron chi connectivity index (χ0n) is 19.9. The first-order valence-corrected chi connectivity index (χ1v) is 12.3. The highest BCUT2D eigenvalue weighted by Gasteiger charge is 2.19. The summed E-state index contributed by atoms with van der Waals surface area (Å²) in [5.41, 5.74) is 1.60. The van der Waals surface area contributed by atoms with Gasteiger partial charge in [-0.15, -0.1) is 20.4 Å². The van der Waals surface area contributed by atoms with Gasteiger partial charge >= 0.3 is 0 Å². The van der Waals surface area contributed by atoms with E-state index in [1.807, 2.05) is 42.5 Å². The normalized spacial score (nSPS) is 11.4. The van der Waals surface area contributed by atoms with Crippen molar-refractivity contribution in [2.45, 2.75) is 0 Å². The lowest BCUT2D eigenvalue weighted by atomic mass is 10.0. The van der Waals surface area contributed by atoms with Crippen molar-refractivity contribution in [1.82, 2.24) is 19.7 Å². The topological polar surface area (TPSA) is 127 Å². The molecule has 0 atom stereocenters. The number of ether oxygens (including phenoxy) is 1. The van der Waals surface area contributed by atoms with Gasteiger partial charge in [-0.25, -0.2) is 9.55 Å². The number of azo groups is 1. The second-order valence-electron chi connectivity index (χ2n) is 8.19. The Bertz CT molecular complexity index is 1790. The van der Waals surface area contributed by atoms with E-state index in [-0.39, 0.29) is 22.9 Å². The van der Waals surface area contributed by atoms with Crippen LogP contribution in [0.3, 0.4) is 0 Å². The van der Waals surface area contributed by atoms with Crippen LogP contribution in [0.1, 0.15) is 10.4 Å². The van der Waals surface area contributed by atoms with Crippen molar-refractivity contribution in [1.29, 1.82) is 0 Å². The zero-order valence-corrected chi connectivity index (χ0v) is 20.8. The summed E-state index contributed by atoms with van der Waals surface area (Å²) in [7, 11) is 1.57. The summed E-state index contributed by atoms with van der Waals surface area (Å²) in [6.07, 6.45) is 1.50. The molecule has 0 spiro atoms. The van der Waals surface area contributed by atoms with Gasteiger partial charge in [-0.2, -0.15) is 0 Å². The zero-order chi connectivity index (χ0) is 26.1. The molecular weight excluding hydrogens is 502 g/mol. The summed E-state index contributed by atoms with van der Waals surface area (Å²) in [5.74, 6) is 0.0515. The average Bonchev–Trinajstić information content (AvgIpc) is 3.59. The molecule has 0 saturated carbocycles. The first-order chi connectivity index (χ1) is 18.6. The van der Waals surface area contributed by atoms with Crippen molar-refractivity contribution in [2.75, 3.05) is 12.4 Å². The minimum absolute atomic E-state index is 0.0566. The molecule has 2 heterocycles. The van der Waals surface area contributed by atoms with Gasteiger partial charge in [0.2, 0.25) is 0 Å². The number of aromatic nitrogens is 4. The average molecular weight is 522 g/mol. The van der Waals surface area contributed by atoms with Gasteiger partial charge in [0, 0.05) is 11.1 Å². The van der Waals surface area contributed by atoms with Crippen LogP contribution in [-0.2, 0) is 0 Å². The van der Waals surface area contributed by atoms with Crippen LogP contribution < -0.4 is 10.1 Å². The number of rotatable bonds is 6. The second-order valence-corrected chi connectivity index (χ2v) is 9.20. The summed E-state index contributed by atoms with van der Waals surface area (Å²) in [6.45, 7) is 0. The number of fused-ring (bicyclic) bond motifs is 2. The Balaban J connectivity index is 1.37. The van der Waals surface area contributed by atoms with Gasteiger partial charge in [0.15, 0.2) is 10.9 Å². The lowest BCUT2D eigenvalue weighted by Gasteiger charge is -2.11. The fraction of sp³-hybridized carbons (Fsp3) is 0.0370. The number of nitrogens with zero attached hydrogens (tertiary/aromatic N) is 6. The number of thiazole rings is 1. The lowest BCUT2D eigenvalue weighted by molar-refractivity contribution is 0.102. The maximum atomic E-state index is 13.1. The van der Waals surface area contributed by atoms with Crippen LogP contribution in [0, 0.1) is 0 Å². The molecule has 186 valence electrons. The van der Waals surface area contributed by atoms with E-state index in [2.05, 4.69) is 30.7 Å². The number of benzene rings is 4. The highest BCUT2D eigenvalue weighted by Crippen LogP contribution is 2.40. The molecule has 2 N–H and O–H groups in total. The van der Waals surface area contributed by atoms with Gasteiger partial charge in [0.25, 0.3) is 11.9 Å². The first kappa shape index (κ1) is 23.3. The van der Waals surface area contributed by atoms with E-state index in [0.29, 0.717) is 27.3 Å². The number of hydrogen-bond acceptors (Lipinski definition) is 9. The number of amides is 1. The summed E-state index contributed by atoms with van der Waals surface area (Å²) in [5, 5.41) is 32.5. The Labute approximate surface area is 219 Å². The Morgan fingerprint density at radius 2 is 1.82 bits per heavy atom. The maximum absolute atomic E-state index is 13.1. The molecule has 10 nitrogen and oxygen atoms in total. The monoisotopic (exact) mass is 521 g/mol. The summed E-state index contributed by atoms with van der Waals surface area (Å²) in [6, 6.07) is 23.6. The highest BCUT2D eigenvalue weighted by atomic mass is 32.1. The maximum Gasteiger partial charge on any atom is 0.276 e. The Hall–Kier alpha value is -5.16. The van der Waals surface area contributed by atoms with Gasteiger partial charge in [-0.05, 0) is 47.9 Å². The fourth-order valence-electron chi connectivity index (χ4n) is 3.95. The van der Waals surface area contributed by atoms with E-state index in [0.717, 1.165) is 10.2 Å². The molecular formula is C27H19N7O3S. The van der Waals surface area contributed by atoms with E-state index in [4.69, 9.17) is 4.74 Å². The van der Waals surface area contributed by atoms with Crippen molar-refractivity contribution < 1.29 is 14.6 Å². The number of nitrogens with one attached hydrogen (secondary N) is 1. The van der Waals surface area contributed by atoms with Crippen LogP contribution >= 0.6 is 11.3 Å². The molecule has 38 heavy (non-hydrogen) atoms. The van der Waals surface area contributed by atoms with Gasteiger partial charge in [-0.1, -0.05) is 47.7 Å². The van der Waals surface area contributed by atoms with Crippen molar-refractivity contribution in [3.63, 3.8) is 0 Å². The predicted octanol–water partition coefficient (Wildman–Crippen LogP) is 6.41. The van der Waals surface area contributed by atoms with E-state index in [1.54, 1.807) is 48.1 Å². The van der Waals surface area contributed by atoms with Crippen molar-refractivity contribution in [2.24, 2.45) is 10.2 Å². The molecule has 1 amide bonds. The van der Waals surface area contributed by atoms with Crippen LogP contribution in [0.25, 0.3) is 26.1 Å². The molecule has 0 bridgehead atoms. The molecule has 6 aromatic rings. The molecule has 0 saturated heterocycles. The number of carbonyl (C=O) groups is 1. The Morgan fingerprint density at radius 1 is 1.03 bits per heavy atom. The van der Waals surface area contributed by atoms with Gasteiger partial charge in [-0.3, -0.25) is 4.79 Å². The molecule has 0 aliphatic carbocycles. The Morgan fingerprint density at radius 3 is 2.63 bits per heavy atom. The van der Waals surface area contributed by atoms with Gasteiger partial charge in [0.1, 0.15) is 17.8 Å². The van der Waals surface area contributed by atoms with E-state index in [9.17, 15) is 9.90 Å². The minimum atomic E-state index is -0.493. The van der Waals surface area contributed by atoms with E-state index in [1.165, 1.54) is 17.7 Å². The smallest absolute Gasteiger partial charge is 0.276 e. The molecule has 0 fully saturated rings. The highest BCUT2D eigenvalue weighted by molar-refractivity contribution is 7.20. The van der Waals surface area contributed by atoms with Crippen molar-refractivity contribution in [3.8, 4) is 16.6 Å². The van der Waals surface area contributed by atoms with Gasteiger partial charge in [0.05, 0.1) is 22.9 Å². The largest absolute Gasteiger partial charge is 0.505 e. The quantitative estimate of drug-likeness (QED) is 0.244. The van der Waals surface area contributed by atoms with Crippen LogP contribution in [0.4, 0.5) is 17.3 Å². The number of para-hydroxylation sites is 1. The van der Waals surface area contributed by atoms with Crippen LogP contribution in [0.2, 0.25) is 0 Å². The van der Waals surface area contributed by atoms with Crippen molar-refractivity contribution >= 4 is 55.6 Å². The van der Waals surface area contributed by atoms with E-state index < -0.39 is 5.91 Å². The third-order valence-electron chi connectivity index (χ3n) is 5.85. The molecule has 0 radical (unpaired) electrons. The fourth-order valence-corrected chi connectivity index (χ4v) is 4.89. The number of hydrogen-bond donors (Lipinski definition) is 2. The number of methoxy groups -OCH3 is 1. The van der Waals surface area contributed by atoms with E-state index >= 15 is 0 Å². The SMILES string of the molecule is COc1ccc(NC(=O)c2cc3ccccc3c(/N=N/c3nncn3-c3nc4ccccc4s3)c2O)cc1. The van der Waals surface area contributed by atoms with Crippen LogP contribution in [0.5, 0.6) is 11.5 Å². The summed E-state index contributed by atoms with van der Waals surface area (Å²) in [4.78, 5) is 17.8. The third-order valence-corrected chi connectivity index (χ3v) is 6.88. The molecule has 4 aromatic carbocycles. The van der Waals surface area contributed by atoms with Crippen LogP contribution in [-0.4, -0.2) is 37.9 Å². The molecule has 2 aromatic heterocycles. The minimum Gasteiger partial charge on any atom is -0.505 e. The van der Waals surface area contributed by atoms with Crippen LogP contribution in [0.15, 0.2) is 95.4 Å². The lowest BCUT2D eigenvalue weighted by Crippen LogP contribution is -2.12. The standard InChI is InChI=1S/C27H19N7O3S/c1-37-18-12-10-17(11-13-18)29-25(36)20-14-16-6-2-3-7-19(16)23(24(20)35)31-33-26-32-28-15-34(26)27-30-21-8-4-5-9-22(21)38-27/h2-15,35H,1H3,(H,29,36)/b33-31+. The summed E-state index contributed by atoms with van der Waals surface area (Å²) < 4.78 is 7.79. The third kappa shape index (κ3) is 4.31. The molecule has 0 aliphatic heterocycles. The van der Waals surface area contributed by atoms with Gasteiger partial charge < -0.3 is 15.2 Å². The van der Waals surface area contributed by atoms with Crippen molar-refractivity contribution in [3.05, 3.63) is 90.8 Å². The number of carbonyl (C=O) groups excluding carboxylic acids is 1. The molecule has 6 rings (SSSR count). The first-order valence-electron chi connectivity index (χ1n) is 11.5. The number of phenolic OH excluding ortho intramolecular Hbond substituents is 1. The predicted molar refractivity (Wildman–Crippen MR) is 145 cm³/mol. The number of aromatic hydroxyl groups is 1. The number of anilines is 1. The second kappa shape index (κ2) is 9.71. The molecule has 11 heteroatoms. The number of phenols is 1. The summed E-state index contributed by atoms with van der Waals surface area (Å²) >= 11 is 1.47. The molecule has 0 unspecified atom stereocenters. The molecule has 0 aliphatic rings.